The van der Waals surface area contributed by atoms with Gasteiger partial charge in [-0.1, -0.05) is 36.4 Å². The second-order valence-corrected chi connectivity index (χ2v) is 8.96. The Bertz CT molecular complexity index is 1440. The minimum atomic E-state index is -0.483. The molecule has 0 bridgehead atoms. The number of carbonyl (C=O) groups excluding carboxylic acids is 1. The van der Waals surface area contributed by atoms with Gasteiger partial charge in [0, 0.05) is 47.5 Å². The largest absolute Gasteiger partial charge is 0.496 e. The first-order valence-corrected chi connectivity index (χ1v) is 12.3. The van der Waals surface area contributed by atoms with Gasteiger partial charge in [-0.3, -0.25) is 4.90 Å². The standard InChI is InChI=1S/C30H26N2O5/c1-34-25-12-11-21(17-22(25)19-32-13-15-35-16-14-32)27-18-24(23-9-5-6-10-26(23)36-27)28-30(33)37-29(31-28)20-7-3-2-4-8-20/h2-12,17-18H,13-16,19H2,1H3/b28-24-. The fourth-order valence-corrected chi connectivity index (χ4v) is 4.71. The molecule has 37 heavy (non-hydrogen) atoms. The molecule has 0 unspecified atom stereocenters. The van der Waals surface area contributed by atoms with Crippen molar-refractivity contribution in [3.63, 3.8) is 0 Å². The maximum Gasteiger partial charge on any atom is 0.364 e. The number of para-hydroxylation sites is 1. The van der Waals surface area contributed by atoms with E-state index in [9.17, 15) is 4.79 Å². The molecule has 1 saturated heterocycles. The van der Waals surface area contributed by atoms with Gasteiger partial charge >= 0.3 is 5.97 Å². The van der Waals surface area contributed by atoms with E-state index in [4.69, 9.17) is 18.9 Å². The van der Waals surface area contributed by atoms with E-state index in [1.54, 1.807) is 7.11 Å². The van der Waals surface area contributed by atoms with Crippen molar-refractivity contribution in [1.82, 2.24) is 4.90 Å². The molecule has 186 valence electrons. The third-order valence-electron chi connectivity index (χ3n) is 6.61. The van der Waals surface area contributed by atoms with Crippen LogP contribution in [0.5, 0.6) is 11.5 Å². The summed E-state index contributed by atoms with van der Waals surface area (Å²) in [5, 5.41) is 0. The number of carbonyl (C=O) groups is 1. The molecule has 0 aromatic heterocycles. The van der Waals surface area contributed by atoms with Crippen LogP contribution in [0.3, 0.4) is 0 Å². The summed E-state index contributed by atoms with van der Waals surface area (Å²) in [6.45, 7) is 3.95. The molecule has 3 aliphatic heterocycles. The minimum Gasteiger partial charge on any atom is -0.496 e. The third-order valence-corrected chi connectivity index (χ3v) is 6.61. The van der Waals surface area contributed by atoms with E-state index < -0.39 is 5.97 Å². The number of hydrogen-bond acceptors (Lipinski definition) is 7. The van der Waals surface area contributed by atoms with Gasteiger partial charge in [0.05, 0.1) is 20.3 Å². The number of hydrogen-bond donors (Lipinski definition) is 0. The number of rotatable bonds is 5. The van der Waals surface area contributed by atoms with Crippen LogP contribution in [0, 0.1) is 0 Å². The number of nitrogens with zero attached hydrogens (tertiary/aromatic N) is 2. The molecule has 0 amide bonds. The summed E-state index contributed by atoms with van der Waals surface area (Å²) in [6, 6.07) is 23.1. The molecule has 3 aromatic rings. The summed E-state index contributed by atoms with van der Waals surface area (Å²) >= 11 is 0. The molecule has 6 rings (SSSR count). The second-order valence-electron chi connectivity index (χ2n) is 8.96. The van der Waals surface area contributed by atoms with Crippen molar-refractivity contribution in [1.29, 1.82) is 0 Å². The van der Waals surface area contributed by atoms with Crippen molar-refractivity contribution in [2.75, 3.05) is 33.4 Å². The molecule has 1 fully saturated rings. The number of aliphatic imine (C=N–C) groups is 1. The molecule has 3 aliphatic rings. The zero-order chi connectivity index (χ0) is 25.2. The predicted molar refractivity (Wildman–Crippen MR) is 140 cm³/mol. The highest BCUT2D eigenvalue weighted by Gasteiger charge is 2.30. The van der Waals surface area contributed by atoms with E-state index in [1.807, 2.05) is 72.8 Å². The van der Waals surface area contributed by atoms with Crippen LogP contribution in [0.4, 0.5) is 0 Å². The van der Waals surface area contributed by atoms with E-state index in [-0.39, 0.29) is 5.70 Å². The van der Waals surface area contributed by atoms with E-state index in [0.29, 0.717) is 23.0 Å². The lowest BCUT2D eigenvalue weighted by atomic mass is 9.97. The lowest BCUT2D eigenvalue weighted by molar-refractivity contribution is -0.129. The Balaban J connectivity index is 1.42. The molecular weight excluding hydrogens is 468 g/mol. The van der Waals surface area contributed by atoms with E-state index in [1.165, 1.54) is 0 Å². The third kappa shape index (κ3) is 4.67. The average molecular weight is 495 g/mol. The van der Waals surface area contributed by atoms with Gasteiger partial charge in [-0.2, -0.15) is 0 Å². The van der Waals surface area contributed by atoms with E-state index >= 15 is 0 Å². The van der Waals surface area contributed by atoms with Gasteiger partial charge in [-0.15, -0.1) is 0 Å². The maximum absolute atomic E-state index is 13.0. The Kier molecular flexibility index (Phi) is 6.30. The van der Waals surface area contributed by atoms with Crippen LogP contribution >= 0.6 is 0 Å². The summed E-state index contributed by atoms with van der Waals surface area (Å²) in [7, 11) is 1.68. The first-order valence-electron chi connectivity index (χ1n) is 12.3. The predicted octanol–water partition coefficient (Wildman–Crippen LogP) is 4.68. The Morgan fingerprint density at radius 3 is 2.51 bits per heavy atom. The number of allylic oxidation sites excluding steroid dienone is 2. The summed E-state index contributed by atoms with van der Waals surface area (Å²) < 4.78 is 23.0. The number of fused-ring (bicyclic) bond motifs is 1. The minimum absolute atomic E-state index is 0.258. The number of morpholine rings is 1. The number of ether oxygens (including phenoxy) is 4. The molecule has 7 nitrogen and oxygen atoms in total. The van der Waals surface area contributed by atoms with Crippen LogP contribution in [-0.2, 0) is 20.8 Å². The molecule has 3 heterocycles. The van der Waals surface area contributed by atoms with Gasteiger partial charge in [0.2, 0.25) is 5.90 Å². The average Bonchev–Trinajstić information content (AvgIpc) is 3.34. The first-order chi connectivity index (χ1) is 18.2. The van der Waals surface area contributed by atoms with Crippen LogP contribution in [-0.4, -0.2) is 50.2 Å². The molecule has 7 heteroatoms. The van der Waals surface area contributed by atoms with Gasteiger partial charge in [0.15, 0.2) is 5.70 Å². The molecule has 0 atom stereocenters. The van der Waals surface area contributed by atoms with Crippen LogP contribution in [0.2, 0.25) is 0 Å². The number of methoxy groups -OCH3 is 1. The van der Waals surface area contributed by atoms with Crippen molar-refractivity contribution in [3.05, 3.63) is 107 Å². The lowest BCUT2D eigenvalue weighted by Gasteiger charge is -2.27. The number of cyclic esters (lactones) is 1. The topological polar surface area (TPSA) is 69.6 Å². The highest BCUT2D eigenvalue weighted by molar-refractivity contribution is 6.15. The zero-order valence-electron chi connectivity index (χ0n) is 20.5. The van der Waals surface area contributed by atoms with Crippen molar-refractivity contribution in [2.45, 2.75) is 6.54 Å². The maximum atomic E-state index is 13.0. The molecule has 3 aromatic carbocycles. The Labute approximate surface area is 215 Å². The Morgan fingerprint density at radius 1 is 0.919 bits per heavy atom. The van der Waals surface area contributed by atoms with E-state index in [2.05, 4.69) is 16.0 Å². The van der Waals surface area contributed by atoms with Crippen molar-refractivity contribution >= 4 is 23.2 Å². The fourth-order valence-electron chi connectivity index (χ4n) is 4.71. The van der Waals surface area contributed by atoms with Gasteiger partial charge in [0.1, 0.15) is 17.3 Å². The SMILES string of the molecule is COc1ccc(C2=C/C(=C3/N=C(c4ccccc4)OC3=O)c3ccccc3O2)cc1CN1CCOCC1. The van der Waals surface area contributed by atoms with Crippen LogP contribution in [0.15, 0.2) is 89.6 Å². The van der Waals surface area contributed by atoms with Gasteiger partial charge in [0.25, 0.3) is 0 Å². The Hall–Kier alpha value is -4.20. The van der Waals surface area contributed by atoms with Crippen LogP contribution < -0.4 is 9.47 Å². The summed E-state index contributed by atoms with van der Waals surface area (Å²) in [5.74, 6) is 1.92. The van der Waals surface area contributed by atoms with Gasteiger partial charge < -0.3 is 18.9 Å². The monoisotopic (exact) mass is 494 g/mol. The first kappa shape index (κ1) is 23.2. The lowest BCUT2D eigenvalue weighted by Crippen LogP contribution is -2.35. The number of esters is 1. The van der Waals surface area contributed by atoms with Crippen molar-refractivity contribution in [3.8, 4) is 11.5 Å². The van der Waals surface area contributed by atoms with Crippen LogP contribution in [0.25, 0.3) is 11.3 Å². The molecular formula is C30H26N2O5. The summed E-state index contributed by atoms with van der Waals surface area (Å²) in [4.78, 5) is 19.9. The summed E-state index contributed by atoms with van der Waals surface area (Å²) in [5.41, 5.74) is 4.41. The van der Waals surface area contributed by atoms with Gasteiger partial charge in [-0.05, 0) is 42.5 Å². The molecule has 0 aliphatic carbocycles. The quantitative estimate of drug-likeness (QED) is 0.379. The number of benzene rings is 3. The molecule has 0 spiro atoms. The van der Waals surface area contributed by atoms with Crippen molar-refractivity contribution in [2.24, 2.45) is 4.99 Å². The molecule has 0 N–H and O–H groups in total. The molecule has 0 radical (unpaired) electrons. The van der Waals surface area contributed by atoms with Gasteiger partial charge in [-0.25, -0.2) is 9.79 Å². The highest BCUT2D eigenvalue weighted by atomic mass is 16.6. The Morgan fingerprint density at radius 2 is 1.70 bits per heavy atom. The molecule has 0 saturated carbocycles. The normalized spacial score (nSPS) is 19.4. The smallest absolute Gasteiger partial charge is 0.364 e. The second kappa shape index (κ2) is 10.0. The van der Waals surface area contributed by atoms with Crippen LogP contribution in [0.1, 0.15) is 22.3 Å². The highest BCUT2D eigenvalue weighted by Crippen LogP contribution is 2.40. The van der Waals surface area contributed by atoms with Crippen molar-refractivity contribution < 1.29 is 23.7 Å². The van der Waals surface area contributed by atoms with E-state index in [0.717, 1.165) is 60.9 Å². The zero-order valence-corrected chi connectivity index (χ0v) is 20.5. The summed E-state index contributed by atoms with van der Waals surface area (Å²) in [6.07, 6.45) is 1.87. The fraction of sp³-hybridized carbons (Fsp3) is 0.200.